The molecule has 1 aromatic carbocycles. The van der Waals surface area contributed by atoms with Crippen LogP contribution >= 0.6 is 0 Å². The first-order valence-corrected chi connectivity index (χ1v) is 11.4. The monoisotopic (exact) mass is 453 g/mol. The summed E-state index contributed by atoms with van der Waals surface area (Å²) in [5, 5.41) is -0.342. The molecule has 31 heavy (non-hydrogen) atoms. The van der Waals surface area contributed by atoms with Crippen LogP contribution in [-0.2, 0) is 16.2 Å². The zero-order valence-electron chi connectivity index (χ0n) is 16.7. The van der Waals surface area contributed by atoms with Gasteiger partial charge in [0.2, 0.25) is 15.6 Å². The predicted octanol–water partition coefficient (Wildman–Crippen LogP) is 3.13. The highest BCUT2D eigenvalue weighted by molar-refractivity contribution is 7.89. The van der Waals surface area contributed by atoms with Crippen molar-refractivity contribution in [3.8, 4) is 0 Å². The fourth-order valence-corrected chi connectivity index (χ4v) is 5.40. The van der Waals surface area contributed by atoms with Crippen LogP contribution in [0.1, 0.15) is 18.4 Å². The van der Waals surface area contributed by atoms with E-state index in [1.165, 1.54) is 22.0 Å². The second-order valence-corrected chi connectivity index (χ2v) is 9.64. The number of aromatic amines is 1. The van der Waals surface area contributed by atoms with Gasteiger partial charge in [0.1, 0.15) is 0 Å². The number of rotatable bonds is 5. The molecule has 0 radical (unpaired) electrons. The van der Waals surface area contributed by atoms with E-state index in [-0.39, 0.29) is 28.9 Å². The Morgan fingerprint density at radius 1 is 1.06 bits per heavy atom. The Labute approximate surface area is 177 Å². The molecule has 2 heterocycles. The van der Waals surface area contributed by atoms with Gasteiger partial charge in [-0.05, 0) is 31.0 Å². The van der Waals surface area contributed by atoms with Crippen molar-refractivity contribution in [2.75, 3.05) is 32.7 Å². The second-order valence-electron chi connectivity index (χ2n) is 7.71. The average Bonchev–Trinajstić information content (AvgIpc) is 3.24. The molecule has 1 saturated heterocycles. The minimum Gasteiger partial charge on any atom is -0.322 e. The van der Waals surface area contributed by atoms with E-state index in [0.29, 0.717) is 19.2 Å². The van der Waals surface area contributed by atoms with Crippen molar-refractivity contribution in [3.05, 3.63) is 64.0 Å². The van der Waals surface area contributed by atoms with Crippen molar-refractivity contribution in [2.24, 2.45) is 0 Å². The number of pyridine rings is 1. The Bertz CT molecular complexity index is 1210. The van der Waals surface area contributed by atoms with Crippen LogP contribution < -0.4 is 5.56 Å². The fraction of sp³-hybridized carbons (Fsp3) is 0.381. The van der Waals surface area contributed by atoms with Crippen molar-refractivity contribution in [1.29, 1.82) is 0 Å². The third-order valence-electron chi connectivity index (χ3n) is 5.69. The van der Waals surface area contributed by atoms with Gasteiger partial charge in [-0.3, -0.25) is 4.79 Å². The third-order valence-corrected chi connectivity index (χ3v) is 7.58. The summed E-state index contributed by atoms with van der Waals surface area (Å²) in [6.07, 6.45) is 3.35. The lowest BCUT2D eigenvalue weighted by molar-refractivity contribution is -0.136. The van der Waals surface area contributed by atoms with E-state index in [1.54, 1.807) is 0 Å². The number of sulfonamides is 1. The highest BCUT2D eigenvalue weighted by atomic mass is 32.2. The van der Waals surface area contributed by atoms with Crippen LogP contribution in [0.2, 0.25) is 0 Å². The Balaban J connectivity index is 1.52. The summed E-state index contributed by atoms with van der Waals surface area (Å²) in [6, 6.07) is 3.89. The van der Waals surface area contributed by atoms with Crippen LogP contribution in [0.5, 0.6) is 0 Å². The first-order valence-electron chi connectivity index (χ1n) is 9.96. The molecule has 0 unspecified atom stereocenters. The Morgan fingerprint density at radius 3 is 2.45 bits per heavy atom. The van der Waals surface area contributed by atoms with E-state index >= 15 is 0 Å². The van der Waals surface area contributed by atoms with Crippen molar-refractivity contribution in [3.63, 3.8) is 0 Å². The van der Waals surface area contributed by atoms with E-state index in [9.17, 15) is 26.4 Å². The Hall–Kier alpha value is -2.43. The molecule has 0 atom stereocenters. The Kier molecular flexibility index (Phi) is 5.80. The van der Waals surface area contributed by atoms with Crippen LogP contribution in [0.15, 0.2) is 57.8 Å². The topological polar surface area (TPSA) is 73.5 Å². The van der Waals surface area contributed by atoms with E-state index in [0.717, 1.165) is 25.5 Å². The molecule has 1 aliphatic carbocycles. The van der Waals surface area contributed by atoms with Gasteiger partial charge in [0.25, 0.3) is 0 Å². The normalized spacial score (nSPS) is 18.6. The number of hydrogen-bond acceptors (Lipinski definition) is 4. The summed E-state index contributed by atoms with van der Waals surface area (Å²) in [6.45, 7) is 2.52. The number of allylic oxidation sites excluding steroid dienone is 3. The highest BCUT2D eigenvalue weighted by Crippen LogP contribution is 2.34. The highest BCUT2D eigenvalue weighted by Gasteiger charge is 2.34. The van der Waals surface area contributed by atoms with Crippen molar-refractivity contribution < 1.29 is 21.6 Å². The molecule has 2 aromatic rings. The predicted molar refractivity (Wildman–Crippen MR) is 111 cm³/mol. The van der Waals surface area contributed by atoms with Crippen molar-refractivity contribution in [1.82, 2.24) is 14.2 Å². The van der Waals surface area contributed by atoms with Gasteiger partial charge in [-0.1, -0.05) is 23.8 Å². The SMILES string of the molecule is O=c1cc(C(F)(F)F)c2cc(S(=O)(=O)N3CCN(CCC4=CC=CC4)CC3)ccc2[nH]1. The molecule has 4 rings (SSSR count). The maximum Gasteiger partial charge on any atom is 0.417 e. The van der Waals surface area contributed by atoms with Crippen LogP contribution in [-0.4, -0.2) is 55.3 Å². The number of hydrogen-bond donors (Lipinski definition) is 1. The lowest BCUT2D eigenvalue weighted by atomic mass is 10.1. The molecular formula is C21H22F3N3O3S. The summed E-state index contributed by atoms with van der Waals surface area (Å²) in [5.41, 5.74) is -0.747. The number of piperazine rings is 1. The number of H-pyrrole nitrogens is 1. The van der Waals surface area contributed by atoms with Gasteiger partial charge >= 0.3 is 6.18 Å². The van der Waals surface area contributed by atoms with E-state index < -0.39 is 27.3 Å². The molecule has 0 saturated carbocycles. The molecule has 0 bridgehead atoms. The standard InChI is InChI=1S/C21H22F3N3O3S/c22-21(23,24)18-14-20(28)25-19-6-5-16(13-17(18)19)31(29,30)27-11-9-26(10-12-27)8-7-15-3-1-2-4-15/h1-3,5-6,13-14H,4,7-12H2,(H,25,28). The number of nitrogens with zero attached hydrogens (tertiary/aromatic N) is 2. The van der Waals surface area contributed by atoms with Gasteiger partial charge in [0, 0.05) is 49.7 Å². The van der Waals surface area contributed by atoms with Gasteiger partial charge in [-0.2, -0.15) is 17.5 Å². The quantitative estimate of drug-likeness (QED) is 0.755. The number of aromatic nitrogens is 1. The van der Waals surface area contributed by atoms with Crippen molar-refractivity contribution in [2.45, 2.75) is 23.9 Å². The van der Waals surface area contributed by atoms with E-state index in [2.05, 4.69) is 22.0 Å². The van der Waals surface area contributed by atoms with Gasteiger partial charge in [-0.15, -0.1) is 0 Å². The maximum atomic E-state index is 13.4. The lowest BCUT2D eigenvalue weighted by Gasteiger charge is -2.34. The van der Waals surface area contributed by atoms with Gasteiger partial charge < -0.3 is 9.88 Å². The van der Waals surface area contributed by atoms with Crippen LogP contribution in [0.3, 0.4) is 0 Å². The number of benzene rings is 1. The zero-order valence-corrected chi connectivity index (χ0v) is 17.5. The summed E-state index contributed by atoms with van der Waals surface area (Å²) in [7, 11) is -3.95. The Morgan fingerprint density at radius 2 is 1.81 bits per heavy atom. The molecule has 2 aliphatic rings. The minimum absolute atomic E-state index is 0.0562. The zero-order chi connectivity index (χ0) is 22.2. The molecule has 0 amide bonds. The molecule has 1 fully saturated rings. The molecule has 6 nitrogen and oxygen atoms in total. The smallest absolute Gasteiger partial charge is 0.322 e. The number of nitrogens with one attached hydrogen (secondary N) is 1. The number of fused-ring (bicyclic) bond motifs is 1. The average molecular weight is 453 g/mol. The molecule has 1 aliphatic heterocycles. The largest absolute Gasteiger partial charge is 0.417 e. The summed E-state index contributed by atoms with van der Waals surface area (Å²) < 4.78 is 67.6. The van der Waals surface area contributed by atoms with Gasteiger partial charge in [0.15, 0.2) is 0 Å². The summed E-state index contributed by atoms with van der Waals surface area (Å²) in [5.74, 6) is 0. The number of halogens is 3. The molecule has 0 spiro atoms. The van der Waals surface area contributed by atoms with Crippen LogP contribution in [0, 0.1) is 0 Å². The first-order chi connectivity index (χ1) is 14.6. The summed E-state index contributed by atoms with van der Waals surface area (Å²) >= 11 is 0. The van der Waals surface area contributed by atoms with Crippen molar-refractivity contribution >= 4 is 20.9 Å². The second kappa shape index (κ2) is 8.25. The van der Waals surface area contributed by atoms with Crippen LogP contribution in [0.25, 0.3) is 10.9 Å². The minimum atomic E-state index is -4.77. The van der Waals surface area contributed by atoms with E-state index in [1.807, 2.05) is 6.08 Å². The molecule has 166 valence electrons. The fourth-order valence-electron chi connectivity index (χ4n) is 3.95. The third kappa shape index (κ3) is 4.60. The van der Waals surface area contributed by atoms with Gasteiger partial charge in [0.05, 0.1) is 10.5 Å². The lowest BCUT2D eigenvalue weighted by Crippen LogP contribution is -2.48. The maximum absolute atomic E-state index is 13.4. The van der Waals surface area contributed by atoms with E-state index in [4.69, 9.17) is 0 Å². The summed E-state index contributed by atoms with van der Waals surface area (Å²) in [4.78, 5) is 15.9. The number of alkyl halides is 3. The van der Waals surface area contributed by atoms with Crippen LogP contribution in [0.4, 0.5) is 13.2 Å². The van der Waals surface area contributed by atoms with Gasteiger partial charge in [-0.25, -0.2) is 8.42 Å². The molecule has 10 heteroatoms. The molecular weight excluding hydrogens is 431 g/mol. The molecule has 1 aromatic heterocycles. The first kappa shape index (κ1) is 21.8. The molecule has 1 N–H and O–H groups in total.